The molecule has 0 fully saturated rings. The van der Waals surface area contributed by atoms with Crippen molar-refractivity contribution in [2.24, 2.45) is 0 Å². The lowest BCUT2D eigenvalue weighted by molar-refractivity contribution is 0.782. The van der Waals surface area contributed by atoms with Gasteiger partial charge in [0.25, 0.3) is 0 Å². The molecule has 0 saturated carbocycles. The normalized spacial score (nSPS) is 14.4. The van der Waals surface area contributed by atoms with Gasteiger partial charge in [0.1, 0.15) is 8.07 Å². The van der Waals surface area contributed by atoms with Gasteiger partial charge in [-0.2, -0.15) is 0 Å². The molecule has 0 aromatic heterocycles. The molecule has 4 aromatic carbocycles. The summed E-state index contributed by atoms with van der Waals surface area (Å²) in [5, 5.41) is 0. The van der Waals surface area contributed by atoms with Crippen LogP contribution in [0.5, 0.6) is 0 Å². The molecule has 0 saturated heterocycles. The third-order valence-corrected chi connectivity index (χ3v) is 16.3. The number of fused-ring (bicyclic) bond motifs is 6. The summed E-state index contributed by atoms with van der Waals surface area (Å²) in [5.74, 6) is 0. The second-order valence-corrected chi connectivity index (χ2v) is 16.4. The van der Waals surface area contributed by atoms with Gasteiger partial charge >= 0.3 is 0 Å². The van der Waals surface area contributed by atoms with Crippen LogP contribution < -0.4 is 0 Å². The summed E-state index contributed by atoms with van der Waals surface area (Å²) in [6.45, 7) is 3.96. The second kappa shape index (κ2) is 9.71. The van der Waals surface area contributed by atoms with E-state index in [0.29, 0.717) is 0 Å². The van der Waals surface area contributed by atoms with Gasteiger partial charge in [-0.1, -0.05) is 122 Å². The van der Waals surface area contributed by atoms with Gasteiger partial charge in [0.2, 0.25) is 0 Å². The lowest BCUT2D eigenvalue weighted by atomic mass is 10.1. The van der Waals surface area contributed by atoms with Crippen LogP contribution in [-0.4, -0.2) is 12.5 Å². The average molecular weight is 526 g/mol. The van der Waals surface area contributed by atoms with Crippen LogP contribution in [0.25, 0.3) is 22.3 Å². The van der Waals surface area contributed by atoms with Crippen LogP contribution in [-0.2, 0) is 0 Å². The van der Waals surface area contributed by atoms with Crippen LogP contribution in [0.3, 0.4) is 0 Å². The molecular weight excluding hydrogens is 495 g/mol. The smallest absolute Gasteiger partial charge is 0.109 e. The summed E-state index contributed by atoms with van der Waals surface area (Å²) in [4.78, 5) is 0. The molecule has 180 valence electrons. The maximum Gasteiger partial charge on any atom is 0.117 e. The Kier molecular flexibility index (Phi) is 6.41. The van der Waals surface area contributed by atoms with Gasteiger partial charge in [0.05, 0.1) is 4.46 Å². The number of halogens is 2. The van der Waals surface area contributed by atoms with Gasteiger partial charge in [-0.25, -0.2) is 0 Å². The predicted octanol–water partition coefficient (Wildman–Crippen LogP) is 9.84. The largest absolute Gasteiger partial charge is 0.117 e. The number of unbranched alkanes of at least 4 members (excludes halogenated alkanes) is 2. The Labute approximate surface area is 225 Å². The number of allylic oxidation sites excluding steroid dienone is 1. The SMILES string of the molecule is C=CCCCC[Si](C(Cl)Cl)(C1c2ccccc2-c2ccccc21)C1c2ccccc2-c2ccccc21. The summed E-state index contributed by atoms with van der Waals surface area (Å²) >= 11 is 14.7. The van der Waals surface area contributed by atoms with Crippen molar-refractivity contribution in [2.45, 2.75) is 40.8 Å². The van der Waals surface area contributed by atoms with E-state index in [0.717, 1.165) is 25.3 Å². The highest BCUT2D eigenvalue weighted by Crippen LogP contribution is 2.61. The van der Waals surface area contributed by atoms with E-state index < -0.39 is 12.5 Å². The maximum atomic E-state index is 7.35. The van der Waals surface area contributed by atoms with E-state index in [2.05, 4.69) is 104 Å². The molecule has 4 aromatic rings. The molecular formula is C33H30Cl2Si. The van der Waals surface area contributed by atoms with Crippen LogP contribution in [0.2, 0.25) is 6.04 Å². The zero-order valence-electron chi connectivity index (χ0n) is 20.3. The number of alkyl halides is 2. The standard InChI is InChI=1S/C33H30Cl2Si/c1-2-3-4-13-22-36(33(34)35,31-27-18-9-5-14-23(27)24-15-6-10-19-28(24)31)32-29-20-11-7-16-25(29)26-17-8-12-21-30(26)32/h2,5-12,14-21,31-33H,1,3-4,13,22H2. The quantitative estimate of drug-likeness (QED) is 0.0929. The van der Waals surface area contributed by atoms with E-state index in [4.69, 9.17) is 23.2 Å². The van der Waals surface area contributed by atoms with Crippen molar-refractivity contribution in [1.82, 2.24) is 0 Å². The first kappa shape index (κ1) is 23.8. The predicted molar refractivity (Wildman–Crippen MR) is 158 cm³/mol. The van der Waals surface area contributed by atoms with E-state index in [1.54, 1.807) is 0 Å². The van der Waals surface area contributed by atoms with Crippen molar-refractivity contribution in [3.8, 4) is 22.3 Å². The van der Waals surface area contributed by atoms with E-state index in [9.17, 15) is 0 Å². The van der Waals surface area contributed by atoms with Crippen molar-refractivity contribution in [3.63, 3.8) is 0 Å². The minimum absolute atomic E-state index is 0.234. The molecule has 0 amide bonds. The summed E-state index contributed by atoms with van der Waals surface area (Å²) in [6.07, 6.45) is 5.28. The van der Waals surface area contributed by atoms with Crippen molar-refractivity contribution in [1.29, 1.82) is 0 Å². The molecule has 0 nitrogen and oxygen atoms in total. The van der Waals surface area contributed by atoms with E-state index in [-0.39, 0.29) is 11.1 Å². The number of benzene rings is 4. The van der Waals surface area contributed by atoms with E-state index in [1.165, 1.54) is 44.5 Å². The Bertz CT molecular complexity index is 1240. The van der Waals surface area contributed by atoms with Crippen molar-refractivity contribution in [3.05, 3.63) is 132 Å². The van der Waals surface area contributed by atoms with Crippen molar-refractivity contribution < 1.29 is 0 Å². The van der Waals surface area contributed by atoms with Crippen LogP contribution >= 0.6 is 23.2 Å². The third-order valence-electron chi connectivity index (χ3n) is 8.42. The Morgan fingerprint density at radius 3 is 1.31 bits per heavy atom. The second-order valence-electron chi connectivity index (χ2n) is 10.2. The molecule has 0 atom stereocenters. The highest BCUT2D eigenvalue weighted by Gasteiger charge is 2.58. The number of rotatable bonds is 8. The van der Waals surface area contributed by atoms with Crippen LogP contribution in [0.15, 0.2) is 110 Å². The minimum Gasteiger partial charge on any atom is -0.109 e. The molecule has 0 N–H and O–H groups in total. The first-order valence-electron chi connectivity index (χ1n) is 12.9. The highest BCUT2D eigenvalue weighted by atomic mass is 35.5. The number of hydrogen-bond acceptors (Lipinski definition) is 0. The summed E-state index contributed by atoms with van der Waals surface area (Å²) in [6, 6.07) is 36.8. The molecule has 2 aliphatic rings. The van der Waals surface area contributed by atoms with Crippen molar-refractivity contribution in [2.75, 3.05) is 0 Å². The fraction of sp³-hybridized carbons (Fsp3) is 0.212. The number of hydrogen-bond donors (Lipinski definition) is 0. The molecule has 0 aliphatic heterocycles. The first-order chi connectivity index (χ1) is 17.7. The van der Waals surface area contributed by atoms with Gasteiger partial charge in [0, 0.05) is 11.1 Å². The maximum absolute atomic E-state index is 7.35. The Morgan fingerprint density at radius 2 is 0.972 bits per heavy atom. The zero-order valence-corrected chi connectivity index (χ0v) is 22.9. The van der Waals surface area contributed by atoms with E-state index in [1.807, 2.05) is 6.08 Å². The van der Waals surface area contributed by atoms with Crippen molar-refractivity contribution >= 4 is 31.3 Å². The Hall–Kier alpha value is -2.58. The third kappa shape index (κ3) is 3.56. The lowest BCUT2D eigenvalue weighted by Gasteiger charge is -2.45. The minimum atomic E-state index is -2.57. The lowest BCUT2D eigenvalue weighted by Crippen LogP contribution is -2.54. The fourth-order valence-corrected chi connectivity index (χ4v) is 15.0. The van der Waals surface area contributed by atoms with Gasteiger partial charge in [-0.15, -0.1) is 29.8 Å². The monoisotopic (exact) mass is 524 g/mol. The molecule has 3 heteroatoms. The molecule has 0 radical (unpaired) electrons. The van der Waals surface area contributed by atoms with Crippen LogP contribution in [0.1, 0.15) is 52.6 Å². The Morgan fingerprint density at radius 1 is 0.611 bits per heavy atom. The summed E-state index contributed by atoms with van der Waals surface area (Å²) in [5.41, 5.74) is 11.5. The molecule has 0 unspecified atom stereocenters. The van der Waals surface area contributed by atoms with E-state index >= 15 is 0 Å². The molecule has 6 rings (SSSR count). The summed E-state index contributed by atoms with van der Waals surface area (Å²) < 4.78 is -0.422. The molecule has 0 bridgehead atoms. The molecule has 36 heavy (non-hydrogen) atoms. The average Bonchev–Trinajstić information content (AvgIpc) is 3.43. The van der Waals surface area contributed by atoms with Crippen LogP contribution in [0.4, 0.5) is 0 Å². The molecule has 0 heterocycles. The van der Waals surface area contributed by atoms with Crippen LogP contribution in [0, 0.1) is 0 Å². The topological polar surface area (TPSA) is 0 Å². The van der Waals surface area contributed by atoms with Gasteiger partial charge in [-0.05, 0) is 50.9 Å². The van der Waals surface area contributed by atoms with Gasteiger partial charge in [-0.3, -0.25) is 0 Å². The van der Waals surface area contributed by atoms with Gasteiger partial charge < -0.3 is 0 Å². The highest BCUT2D eigenvalue weighted by molar-refractivity contribution is 6.96. The zero-order chi connectivity index (χ0) is 24.7. The Balaban J connectivity index is 1.64. The summed E-state index contributed by atoms with van der Waals surface area (Å²) in [7, 11) is -2.57. The molecule has 0 spiro atoms. The fourth-order valence-electron chi connectivity index (χ4n) is 7.01. The molecule has 2 aliphatic carbocycles. The van der Waals surface area contributed by atoms with Gasteiger partial charge in [0.15, 0.2) is 0 Å². The first-order valence-corrected chi connectivity index (χ1v) is 16.2.